The summed E-state index contributed by atoms with van der Waals surface area (Å²) in [6, 6.07) is 5.21. The highest BCUT2D eigenvalue weighted by Gasteiger charge is 2.31. The van der Waals surface area contributed by atoms with Gasteiger partial charge in [-0.3, -0.25) is 9.78 Å². The van der Waals surface area contributed by atoms with Crippen molar-refractivity contribution in [1.82, 2.24) is 9.97 Å². The number of amides is 1. The summed E-state index contributed by atoms with van der Waals surface area (Å²) in [5.74, 6) is -3.62. The fourth-order valence-electron chi connectivity index (χ4n) is 4.83. The Balaban J connectivity index is 1.51. The molecule has 5 rings (SSSR count). The van der Waals surface area contributed by atoms with Crippen molar-refractivity contribution in [2.24, 2.45) is 5.73 Å². The Kier molecular flexibility index (Phi) is 6.16. The topological polar surface area (TPSA) is 104 Å². The molecule has 10 heteroatoms. The summed E-state index contributed by atoms with van der Waals surface area (Å²) >= 11 is 0. The molecule has 2 aromatic heterocycles. The van der Waals surface area contributed by atoms with Crippen LogP contribution < -0.4 is 16.0 Å². The van der Waals surface area contributed by atoms with Gasteiger partial charge in [-0.05, 0) is 49.9 Å². The third-order valence-electron chi connectivity index (χ3n) is 6.47. The average Bonchev–Trinajstić information content (AvgIpc) is 3.20. The van der Waals surface area contributed by atoms with Crippen LogP contribution in [0.2, 0.25) is 0 Å². The molecule has 0 spiro atoms. The number of benzene rings is 1. The molecule has 3 aromatic rings. The van der Waals surface area contributed by atoms with Gasteiger partial charge in [0.15, 0.2) is 0 Å². The van der Waals surface area contributed by atoms with E-state index >= 15 is 0 Å². The van der Waals surface area contributed by atoms with E-state index in [1.807, 2.05) is 0 Å². The predicted molar refractivity (Wildman–Crippen MR) is 124 cm³/mol. The molecular formula is C25H24F3N5O2. The Bertz CT molecular complexity index is 1280. The van der Waals surface area contributed by atoms with Crippen molar-refractivity contribution < 1.29 is 23.1 Å². The summed E-state index contributed by atoms with van der Waals surface area (Å²) in [5.41, 5.74) is 7.32. The number of nitrogens with zero attached hydrogens (tertiary/aromatic N) is 3. The Morgan fingerprint density at radius 1 is 1.11 bits per heavy atom. The van der Waals surface area contributed by atoms with Crippen molar-refractivity contribution in [2.75, 3.05) is 23.3 Å². The number of aromatic nitrogens is 2. The Morgan fingerprint density at radius 3 is 2.63 bits per heavy atom. The number of anilines is 2. The molecule has 35 heavy (non-hydrogen) atoms. The first-order valence-electron chi connectivity index (χ1n) is 11.5. The van der Waals surface area contributed by atoms with Gasteiger partial charge < -0.3 is 21.1 Å². The standard InChI is InChI=1S/C25H24F3N5O2/c26-15-4-1-5-16(27)21(15)23-17(28)7-8-18(31-23)25(35)32-19-11-30-22-14(6-9-20(22)34)24(19)33-10-2-3-13(29)12-33/h1,4-5,7-8,11,13,20,34H,2-3,6,9-10,12,29H2,(H,32,35). The molecule has 4 N–H and O–H groups in total. The van der Waals surface area contributed by atoms with E-state index < -0.39 is 40.7 Å². The lowest BCUT2D eigenvalue weighted by atomic mass is 10.0. The maximum atomic E-state index is 14.5. The third-order valence-corrected chi connectivity index (χ3v) is 6.47. The molecule has 0 saturated carbocycles. The van der Waals surface area contributed by atoms with Gasteiger partial charge in [0.1, 0.15) is 28.8 Å². The zero-order valence-electron chi connectivity index (χ0n) is 18.8. The number of piperidine rings is 1. The van der Waals surface area contributed by atoms with Crippen LogP contribution in [0.15, 0.2) is 36.5 Å². The third kappa shape index (κ3) is 4.35. The molecule has 1 fully saturated rings. The predicted octanol–water partition coefficient (Wildman–Crippen LogP) is 3.72. The average molecular weight is 483 g/mol. The minimum atomic E-state index is -0.987. The van der Waals surface area contributed by atoms with E-state index in [0.717, 1.165) is 61.0 Å². The minimum absolute atomic E-state index is 0.0283. The van der Waals surface area contributed by atoms with Gasteiger partial charge in [0, 0.05) is 24.7 Å². The Morgan fingerprint density at radius 2 is 1.89 bits per heavy atom. The van der Waals surface area contributed by atoms with Gasteiger partial charge in [0.25, 0.3) is 5.91 Å². The van der Waals surface area contributed by atoms with Crippen LogP contribution in [0.4, 0.5) is 24.5 Å². The van der Waals surface area contributed by atoms with E-state index in [0.29, 0.717) is 30.8 Å². The van der Waals surface area contributed by atoms with Crippen LogP contribution in [-0.4, -0.2) is 40.1 Å². The number of halogens is 3. The van der Waals surface area contributed by atoms with Crippen molar-refractivity contribution in [3.05, 3.63) is 70.9 Å². The van der Waals surface area contributed by atoms with Crippen LogP contribution in [0.3, 0.4) is 0 Å². The first-order chi connectivity index (χ1) is 16.8. The second-order valence-corrected chi connectivity index (χ2v) is 8.86. The minimum Gasteiger partial charge on any atom is -0.387 e. The van der Waals surface area contributed by atoms with E-state index in [1.54, 1.807) is 0 Å². The van der Waals surface area contributed by atoms with Crippen molar-refractivity contribution in [1.29, 1.82) is 0 Å². The maximum Gasteiger partial charge on any atom is 0.274 e. The zero-order valence-corrected chi connectivity index (χ0v) is 18.8. The number of hydrogen-bond acceptors (Lipinski definition) is 6. The quantitative estimate of drug-likeness (QED) is 0.523. The number of aliphatic hydroxyl groups excluding tert-OH is 1. The number of nitrogens with two attached hydrogens (primary N) is 1. The number of carbonyl (C=O) groups is 1. The lowest BCUT2D eigenvalue weighted by Gasteiger charge is -2.35. The van der Waals surface area contributed by atoms with Crippen molar-refractivity contribution in [2.45, 2.75) is 37.8 Å². The highest BCUT2D eigenvalue weighted by molar-refractivity contribution is 6.05. The van der Waals surface area contributed by atoms with Gasteiger partial charge in [-0.15, -0.1) is 0 Å². The fraction of sp³-hybridized carbons (Fsp3) is 0.320. The molecule has 1 aromatic carbocycles. The molecular weight excluding hydrogens is 459 g/mol. The molecule has 2 unspecified atom stereocenters. The summed E-state index contributed by atoms with van der Waals surface area (Å²) in [6.45, 7) is 1.32. The van der Waals surface area contributed by atoms with Crippen LogP contribution >= 0.6 is 0 Å². The van der Waals surface area contributed by atoms with Crippen LogP contribution in [0.25, 0.3) is 11.3 Å². The second kappa shape index (κ2) is 9.27. The van der Waals surface area contributed by atoms with Gasteiger partial charge in [0.05, 0.1) is 34.9 Å². The summed E-state index contributed by atoms with van der Waals surface area (Å²) < 4.78 is 43.0. The first-order valence-corrected chi connectivity index (χ1v) is 11.5. The SMILES string of the molecule is NC1CCCN(c2c(NC(=O)c3ccc(F)c(-c4c(F)cccc4F)n3)cnc3c2CCC3O)C1. The molecule has 3 heterocycles. The monoisotopic (exact) mass is 483 g/mol. The zero-order chi connectivity index (χ0) is 24.7. The number of hydrogen-bond donors (Lipinski definition) is 3. The summed E-state index contributed by atoms with van der Waals surface area (Å²) in [7, 11) is 0. The van der Waals surface area contributed by atoms with Crippen molar-refractivity contribution in [3.63, 3.8) is 0 Å². The molecule has 1 amide bonds. The number of pyridine rings is 2. The van der Waals surface area contributed by atoms with Crippen LogP contribution in [-0.2, 0) is 6.42 Å². The van der Waals surface area contributed by atoms with Crippen LogP contribution in [0.5, 0.6) is 0 Å². The molecule has 0 radical (unpaired) electrons. The fourth-order valence-corrected chi connectivity index (χ4v) is 4.83. The van der Waals surface area contributed by atoms with Gasteiger partial charge >= 0.3 is 0 Å². The molecule has 7 nitrogen and oxygen atoms in total. The highest BCUT2D eigenvalue weighted by Crippen LogP contribution is 2.41. The van der Waals surface area contributed by atoms with Gasteiger partial charge in [-0.1, -0.05) is 6.07 Å². The lowest BCUT2D eigenvalue weighted by Crippen LogP contribution is -2.43. The number of aliphatic hydroxyl groups is 1. The Hall–Kier alpha value is -3.50. The van der Waals surface area contributed by atoms with Crippen molar-refractivity contribution in [3.8, 4) is 11.3 Å². The molecule has 2 atom stereocenters. The van der Waals surface area contributed by atoms with E-state index in [-0.39, 0.29) is 11.7 Å². The number of nitrogens with one attached hydrogen (secondary N) is 1. The van der Waals surface area contributed by atoms with Gasteiger partial charge in [-0.25, -0.2) is 18.2 Å². The van der Waals surface area contributed by atoms with Gasteiger partial charge in [-0.2, -0.15) is 0 Å². The van der Waals surface area contributed by atoms with Crippen molar-refractivity contribution >= 4 is 17.3 Å². The molecule has 1 aliphatic heterocycles. The molecule has 2 aliphatic rings. The summed E-state index contributed by atoms with van der Waals surface area (Å²) in [6.07, 6.45) is 3.70. The number of rotatable bonds is 4. The normalized spacial score (nSPS) is 19.5. The first kappa shape index (κ1) is 23.3. The number of fused-ring (bicyclic) bond motifs is 1. The van der Waals surface area contributed by atoms with E-state index in [4.69, 9.17) is 5.73 Å². The van der Waals surface area contributed by atoms with E-state index in [9.17, 15) is 23.1 Å². The van der Waals surface area contributed by atoms with Crippen LogP contribution in [0, 0.1) is 17.5 Å². The van der Waals surface area contributed by atoms with Crippen LogP contribution in [0.1, 0.15) is 47.1 Å². The smallest absolute Gasteiger partial charge is 0.274 e. The lowest BCUT2D eigenvalue weighted by molar-refractivity contribution is 0.102. The largest absolute Gasteiger partial charge is 0.387 e. The number of carbonyl (C=O) groups excluding carboxylic acids is 1. The molecule has 1 aliphatic carbocycles. The summed E-state index contributed by atoms with van der Waals surface area (Å²) in [5, 5.41) is 13.1. The highest BCUT2D eigenvalue weighted by atomic mass is 19.1. The molecule has 1 saturated heterocycles. The van der Waals surface area contributed by atoms with E-state index in [2.05, 4.69) is 20.2 Å². The molecule has 0 bridgehead atoms. The summed E-state index contributed by atoms with van der Waals surface area (Å²) in [4.78, 5) is 23.5. The molecule has 182 valence electrons. The van der Waals surface area contributed by atoms with Gasteiger partial charge in [0.2, 0.25) is 0 Å². The Labute approximate surface area is 199 Å². The second-order valence-electron chi connectivity index (χ2n) is 8.86. The van der Waals surface area contributed by atoms with E-state index in [1.165, 1.54) is 6.20 Å². The maximum absolute atomic E-state index is 14.5.